The Balaban J connectivity index is 3.31. The van der Waals surface area contributed by atoms with E-state index in [1.807, 2.05) is 0 Å². The van der Waals surface area contributed by atoms with Crippen LogP contribution in [-0.2, 0) is 0 Å². The first-order chi connectivity index (χ1) is 5.45. The molecule has 0 aliphatic rings. The van der Waals surface area contributed by atoms with Gasteiger partial charge in [0.2, 0.25) is 0 Å². The monoisotopic (exact) mass is 176 g/mol. The van der Waals surface area contributed by atoms with Gasteiger partial charge in [-0.05, 0) is 32.6 Å². The zero-order valence-electron chi connectivity index (χ0n) is 8.44. The second-order valence-electron chi connectivity index (χ2n) is 4.23. The van der Waals surface area contributed by atoms with Crippen LogP contribution in [0.25, 0.3) is 0 Å². The second kappa shape index (κ2) is 5.52. The lowest BCUT2D eigenvalue weighted by Gasteiger charge is -2.15. The van der Waals surface area contributed by atoms with Crippen molar-refractivity contribution >= 4 is 0 Å². The van der Waals surface area contributed by atoms with Crippen LogP contribution in [0.1, 0.15) is 46.5 Å². The van der Waals surface area contributed by atoms with Crippen LogP contribution in [0.4, 0.5) is 4.39 Å². The highest BCUT2D eigenvalue weighted by Crippen LogP contribution is 2.20. The summed E-state index contributed by atoms with van der Waals surface area (Å²) in [5, 5.41) is 8.62. The van der Waals surface area contributed by atoms with Crippen molar-refractivity contribution in [2.45, 2.75) is 52.1 Å². The van der Waals surface area contributed by atoms with Crippen molar-refractivity contribution < 1.29 is 9.50 Å². The molecule has 0 aromatic rings. The fourth-order valence-corrected chi connectivity index (χ4v) is 1.24. The van der Waals surface area contributed by atoms with E-state index in [1.54, 1.807) is 13.8 Å². The molecular formula is C10H21FO. The summed E-state index contributed by atoms with van der Waals surface area (Å²) in [5.74, 6) is 0.525. The lowest BCUT2D eigenvalue weighted by atomic mass is 9.96. The first-order valence-corrected chi connectivity index (χ1v) is 4.75. The maximum Gasteiger partial charge on any atom is 0.105 e. The molecular weight excluding hydrogens is 155 g/mol. The number of aliphatic hydroxyl groups excluding tert-OH is 1. The van der Waals surface area contributed by atoms with Gasteiger partial charge in [-0.25, -0.2) is 4.39 Å². The number of alkyl halides is 1. The molecule has 0 aliphatic heterocycles. The molecule has 0 rings (SSSR count). The van der Waals surface area contributed by atoms with E-state index in [-0.39, 0.29) is 6.61 Å². The minimum Gasteiger partial charge on any atom is -0.396 e. The van der Waals surface area contributed by atoms with Crippen molar-refractivity contribution in [3.05, 3.63) is 0 Å². The molecule has 0 aliphatic carbocycles. The van der Waals surface area contributed by atoms with Gasteiger partial charge >= 0.3 is 0 Å². The lowest BCUT2D eigenvalue weighted by Crippen LogP contribution is -2.11. The molecule has 1 atom stereocenters. The number of aliphatic hydroxyl groups is 1. The predicted molar refractivity (Wildman–Crippen MR) is 49.9 cm³/mol. The number of rotatable bonds is 6. The van der Waals surface area contributed by atoms with E-state index < -0.39 is 5.67 Å². The fourth-order valence-electron chi connectivity index (χ4n) is 1.24. The van der Waals surface area contributed by atoms with Crippen molar-refractivity contribution in [2.24, 2.45) is 5.92 Å². The van der Waals surface area contributed by atoms with Crippen LogP contribution in [0, 0.1) is 5.92 Å². The fraction of sp³-hybridized carbons (Fsp3) is 1.00. The van der Waals surface area contributed by atoms with Crippen LogP contribution in [0.5, 0.6) is 0 Å². The SMILES string of the molecule is CC(CCO)CCCC(C)(C)F. The minimum atomic E-state index is -1.03. The Bertz CT molecular complexity index is 107. The van der Waals surface area contributed by atoms with E-state index in [0.29, 0.717) is 12.3 Å². The predicted octanol–water partition coefficient (Wildman–Crippen LogP) is 2.92. The van der Waals surface area contributed by atoms with Gasteiger partial charge < -0.3 is 5.11 Å². The molecule has 12 heavy (non-hydrogen) atoms. The summed E-state index contributed by atoms with van der Waals surface area (Å²) in [4.78, 5) is 0. The van der Waals surface area contributed by atoms with Gasteiger partial charge in [-0.1, -0.05) is 19.8 Å². The highest BCUT2D eigenvalue weighted by Gasteiger charge is 2.14. The van der Waals surface area contributed by atoms with Crippen LogP contribution >= 0.6 is 0 Å². The van der Waals surface area contributed by atoms with Crippen LogP contribution in [0.3, 0.4) is 0 Å². The van der Waals surface area contributed by atoms with E-state index in [0.717, 1.165) is 19.3 Å². The molecule has 0 saturated heterocycles. The molecule has 0 amide bonds. The summed E-state index contributed by atoms with van der Waals surface area (Å²) >= 11 is 0. The molecule has 1 N–H and O–H groups in total. The standard InChI is InChI=1S/C10H21FO/c1-9(6-8-12)5-4-7-10(2,3)11/h9,12H,4-8H2,1-3H3. The first kappa shape index (κ1) is 11.9. The van der Waals surface area contributed by atoms with Crippen molar-refractivity contribution in [3.63, 3.8) is 0 Å². The zero-order chi connectivity index (χ0) is 9.61. The molecule has 0 heterocycles. The molecule has 0 spiro atoms. The third-order valence-corrected chi connectivity index (χ3v) is 2.09. The molecule has 0 saturated carbocycles. The third kappa shape index (κ3) is 7.99. The Kier molecular flexibility index (Phi) is 5.47. The minimum absolute atomic E-state index is 0.250. The Morgan fingerprint density at radius 1 is 1.33 bits per heavy atom. The Morgan fingerprint density at radius 2 is 1.92 bits per heavy atom. The van der Waals surface area contributed by atoms with Crippen LogP contribution in [0.15, 0.2) is 0 Å². The Labute approximate surface area is 75.0 Å². The number of hydrogen-bond acceptors (Lipinski definition) is 1. The van der Waals surface area contributed by atoms with Crippen LogP contribution < -0.4 is 0 Å². The molecule has 0 bridgehead atoms. The highest BCUT2D eigenvalue weighted by atomic mass is 19.1. The van der Waals surface area contributed by atoms with Gasteiger partial charge in [0, 0.05) is 6.61 Å². The first-order valence-electron chi connectivity index (χ1n) is 4.75. The lowest BCUT2D eigenvalue weighted by molar-refractivity contribution is 0.189. The van der Waals surface area contributed by atoms with Gasteiger partial charge in [-0.15, -0.1) is 0 Å². The molecule has 1 nitrogen and oxygen atoms in total. The van der Waals surface area contributed by atoms with E-state index >= 15 is 0 Å². The summed E-state index contributed by atoms with van der Waals surface area (Å²) < 4.78 is 13.0. The maximum atomic E-state index is 13.0. The smallest absolute Gasteiger partial charge is 0.105 e. The topological polar surface area (TPSA) is 20.2 Å². The van der Waals surface area contributed by atoms with E-state index in [1.165, 1.54) is 0 Å². The molecule has 0 aromatic carbocycles. The average molecular weight is 176 g/mol. The summed E-state index contributed by atoms with van der Waals surface area (Å²) in [6.07, 6.45) is 3.41. The van der Waals surface area contributed by atoms with Gasteiger partial charge in [0.1, 0.15) is 5.67 Å². The highest BCUT2D eigenvalue weighted by molar-refractivity contribution is 4.66. The van der Waals surface area contributed by atoms with Crippen LogP contribution in [-0.4, -0.2) is 17.4 Å². The largest absolute Gasteiger partial charge is 0.396 e. The van der Waals surface area contributed by atoms with E-state index in [9.17, 15) is 4.39 Å². The Hall–Kier alpha value is -0.110. The molecule has 1 unspecified atom stereocenters. The molecule has 0 radical (unpaired) electrons. The zero-order valence-corrected chi connectivity index (χ0v) is 8.44. The van der Waals surface area contributed by atoms with Gasteiger partial charge in [0.25, 0.3) is 0 Å². The van der Waals surface area contributed by atoms with Gasteiger partial charge in [-0.2, -0.15) is 0 Å². The third-order valence-electron chi connectivity index (χ3n) is 2.09. The molecule has 74 valence electrons. The molecule has 2 heteroatoms. The normalized spacial score (nSPS) is 14.8. The second-order valence-corrected chi connectivity index (χ2v) is 4.23. The summed E-state index contributed by atoms with van der Waals surface area (Å²) in [6, 6.07) is 0. The van der Waals surface area contributed by atoms with Crippen LogP contribution in [0.2, 0.25) is 0 Å². The molecule has 0 aromatic heterocycles. The Morgan fingerprint density at radius 3 is 2.33 bits per heavy atom. The van der Waals surface area contributed by atoms with Crippen molar-refractivity contribution in [2.75, 3.05) is 6.61 Å². The van der Waals surface area contributed by atoms with Crippen molar-refractivity contribution in [1.82, 2.24) is 0 Å². The summed E-state index contributed by atoms with van der Waals surface area (Å²) in [5.41, 5.74) is -1.03. The van der Waals surface area contributed by atoms with Gasteiger partial charge in [-0.3, -0.25) is 0 Å². The van der Waals surface area contributed by atoms with Gasteiger partial charge in [0.15, 0.2) is 0 Å². The molecule has 0 fully saturated rings. The average Bonchev–Trinajstić information content (AvgIpc) is 1.84. The number of halogens is 1. The van der Waals surface area contributed by atoms with E-state index in [4.69, 9.17) is 5.11 Å². The van der Waals surface area contributed by atoms with Crippen molar-refractivity contribution in [1.29, 1.82) is 0 Å². The summed E-state index contributed by atoms with van der Waals surface area (Å²) in [6.45, 7) is 5.58. The maximum absolute atomic E-state index is 13.0. The quantitative estimate of drug-likeness (QED) is 0.659. The number of hydrogen-bond donors (Lipinski definition) is 1. The summed E-state index contributed by atoms with van der Waals surface area (Å²) in [7, 11) is 0. The van der Waals surface area contributed by atoms with E-state index in [2.05, 4.69) is 6.92 Å². The van der Waals surface area contributed by atoms with Gasteiger partial charge in [0.05, 0.1) is 0 Å². The van der Waals surface area contributed by atoms with Crippen molar-refractivity contribution in [3.8, 4) is 0 Å².